The van der Waals surface area contributed by atoms with Crippen LogP contribution in [0.1, 0.15) is 0 Å². The number of hydrogen-bond donors (Lipinski definition) is 0. The van der Waals surface area contributed by atoms with Crippen LogP contribution in [0.4, 0.5) is 0 Å². The first-order valence-corrected chi connectivity index (χ1v) is 3.70. The molecule has 0 radical (unpaired) electrons. The summed E-state index contributed by atoms with van der Waals surface area (Å²) in [6, 6.07) is 9.04. The quantitative estimate of drug-likeness (QED) is 0.682. The van der Waals surface area contributed by atoms with Crippen molar-refractivity contribution in [1.29, 1.82) is 0 Å². The van der Waals surface area contributed by atoms with Crippen LogP contribution in [0.3, 0.4) is 0 Å². The molecule has 1 aromatic carbocycles. The summed E-state index contributed by atoms with van der Waals surface area (Å²) < 4.78 is 9.14. The molecule has 58 valence electrons. The Kier molecular flexibility index (Phi) is 3.56. The van der Waals surface area contributed by atoms with Gasteiger partial charge in [0.15, 0.2) is 0 Å². The first-order valence-electron chi connectivity index (χ1n) is 2.96. The third-order valence-corrected chi connectivity index (χ3v) is 1.47. The van der Waals surface area contributed by atoms with E-state index in [1.165, 1.54) is 0 Å². The van der Waals surface area contributed by atoms with Gasteiger partial charge in [-0.2, -0.15) is 0 Å². The van der Waals surface area contributed by atoms with Crippen molar-refractivity contribution in [3.8, 4) is 5.75 Å². The van der Waals surface area contributed by atoms with Gasteiger partial charge in [-0.3, -0.25) is 4.21 Å². The largest absolute Gasteiger partial charge is 0.658 e. The van der Waals surface area contributed by atoms with Gasteiger partial charge in [0.2, 0.25) is 0 Å². The topological polar surface area (TPSA) is 18.5 Å². The Balaban J connectivity index is 2.51. The smallest absolute Gasteiger partial charge is 0.522 e. The molecule has 11 heavy (non-hydrogen) atoms. The first kappa shape index (κ1) is 8.72. The second-order valence-electron chi connectivity index (χ2n) is 1.79. The minimum Gasteiger partial charge on any atom is -0.522 e. The van der Waals surface area contributed by atoms with Gasteiger partial charge in [0.05, 0.1) is 0 Å². The second-order valence-corrected chi connectivity index (χ2v) is 2.33. The molecule has 0 saturated carbocycles. The number of halogens is 2. The molecule has 0 spiro atoms. The molecular formula is C6H5BCl2O2. The van der Waals surface area contributed by atoms with Gasteiger partial charge >= 0.3 is 6.53 Å². The second kappa shape index (κ2) is 4.49. The Morgan fingerprint density at radius 3 is 2.36 bits per heavy atom. The van der Waals surface area contributed by atoms with Crippen LogP contribution in [0.2, 0.25) is 0 Å². The standard InChI is InChI=1S/C6H5BCl2O2/c8-7(11-9)10-6-4-2-1-3-5-6/h1-5H. The van der Waals surface area contributed by atoms with Crippen molar-refractivity contribution in [2.24, 2.45) is 0 Å². The zero-order valence-electron chi connectivity index (χ0n) is 5.54. The normalized spacial score (nSPS) is 9.27. The Morgan fingerprint density at radius 1 is 1.18 bits per heavy atom. The van der Waals surface area contributed by atoms with Crippen LogP contribution in [0, 0.1) is 0 Å². The molecule has 0 fully saturated rings. The average Bonchev–Trinajstić information content (AvgIpc) is 2.06. The molecule has 0 heterocycles. The van der Waals surface area contributed by atoms with Crippen LogP contribution in [-0.2, 0) is 4.21 Å². The van der Waals surface area contributed by atoms with Gasteiger partial charge in [-0.15, -0.1) is 11.5 Å². The Labute approximate surface area is 75.2 Å². The minimum absolute atomic E-state index is 0.619. The molecule has 0 aliphatic rings. The van der Waals surface area contributed by atoms with Gasteiger partial charge in [-0.1, -0.05) is 18.2 Å². The van der Waals surface area contributed by atoms with E-state index >= 15 is 0 Å². The van der Waals surface area contributed by atoms with Gasteiger partial charge in [0.1, 0.15) is 5.75 Å². The van der Waals surface area contributed by atoms with E-state index in [9.17, 15) is 0 Å². The fourth-order valence-corrected chi connectivity index (χ4v) is 0.763. The summed E-state index contributed by atoms with van der Waals surface area (Å²) in [6.07, 6.45) is 0. The minimum atomic E-state index is -0.945. The molecule has 0 atom stereocenters. The molecule has 0 aliphatic carbocycles. The van der Waals surface area contributed by atoms with E-state index in [0.29, 0.717) is 5.75 Å². The summed E-state index contributed by atoms with van der Waals surface area (Å²) in [5, 5.41) is 0. The molecule has 1 rings (SSSR count). The summed E-state index contributed by atoms with van der Waals surface area (Å²) in [7, 11) is 0. The number of para-hydroxylation sites is 1. The molecule has 2 nitrogen and oxygen atoms in total. The maximum Gasteiger partial charge on any atom is 0.658 e. The van der Waals surface area contributed by atoms with Crippen LogP contribution >= 0.6 is 23.3 Å². The van der Waals surface area contributed by atoms with Crippen LogP contribution in [-0.4, -0.2) is 6.53 Å². The lowest BCUT2D eigenvalue weighted by Crippen LogP contribution is -2.14. The molecule has 0 bridgehead atoms. The maximum atomic E-state index is 5.42. The zero-order chi connectivity index (χ0) is 8.10. The maximum absolute atomic E-state index is 5.42. The number of hydrogen-bond acceptors (Lipinski definition) is 2. The van der Waals surface area contributed by atoms with E-state index in [1.807, 2.05) is 18.2 Å². The molecule has 0 N–H and O–H groups in total. The van der Waals surface area contributed by atoms with Gasteiger partial charge in [-0.05, 0) is 12.1 Å². The van der Waals surface area contributed by atoms with Crippen molar-refractivity contribution in [3.05, 3.63) is 30.3 Å². The van der Waals surface area contributed by atoms with Crippen LogP contribution in [0.5, 0.6) is 5.75 Å². The number of rotatable bonds is 3. The molecule has 5 heteroatoms. The highest BCUT2D eigenvalue weighted by atomic mass is 35.5. The summed E-state index contributed by atoms with van der Waals surface area (Å²) in [5.74, 6) is 0.619. The number of benzene rings is 1. The Bertz CT molecular complexity index is 207. The van der Waals surface area contributed by atoms with Crippen LogP contribution < -0.4 is 4.65 Å². The third-order valence-electron chi connectivity index (χ3n) is 1.04. The van der Waals surface area contributed by atoms with Crippen molar-refractivity contribution >= 4 is 29.9 Å². The molecular weight excluding hydrogens is 186 g/mol. The van der Waals surface area contributed by atoms with Crippen molar-refractivity contribution < 1.29 is 8.86 Å². The van der Waals surface area contributed by atoms with Crippen molar-refractivity contribution in [3.63, 3.8) is 0 Å². The first-order chi connectivity index (χ1) is 5.33. The van der Waals surface area contributed by atoms with E-state index < -0.39 is 6.53 Å². The van der Waals surface area contributed by atoms with Crippen LogP contribution in [0.15, 0.2) is 30.3 Å². The molecule has 1 aromatic rings. The summed E-state index contributed by atoms with van der Waals surface area (Å²) in [5.41, 5.74) is 0. The lowest BCUT2D eigenvalue weighted by Gasteiger charge is -2.04. The van der Waals surface area contributed by atoms with Crippen molar-refractivity contribution in [2.45, 2.75) is 0 Å². The highest BCUT2D eigenvalue weighted by molar-refractivity contribution is 7.01. The van der Waals surface area contributed by atoms with Gasteiger partial charge in [-0.25, -0.2) is 0 Å². The highest BCUT2D eigenvalue weighted by Gasteiger charge is 2.15. The van der Waals surface area contributed by atoms with Gasteiger partial charge in [0, 0.05) is 11.9 Å². The van der Waals surface area contributed by atoms with Crippen molar-refractivity contribution in [1.82, 2.24) is 0 Å². The van der Waals surface area contributed by atoms with Gasteiger partial charge in [0.25, 0.3) is 0 Å². The predicted molar refractivity (Wildman–Crippen MR) is 45.6 cm³/mol. The summed E-state index contributed by atoms with van der Waals surface area (Å²) in [4.78, 5) is 0. The lowest BCUT2D eigenvalue weighted by atomic mass is 10.3. The predicted octanol–water partition coefficient (Wildman–Crippen LogP) is 2.46. The van der Waals surface area contributed by atoms with Gasteiger partial charge < -0.3 is 4.65 Å². The Hall–Kier alpha value is -0.375. The summed E-state index contributed by atoms with van der Waals surface area (Å²) >= 11 is 10.4. The van der Waals surface area contributed by atoms with E-state index in [4.69, 9.17) is 28.0 Å². The molecule has 0 saturated heterocycles. The molecule has 0 amide bonds. The molecule has 0 unspecified atom stereocenters. The molecule has 0 aliphatic heterocycles. The lowest BCUT2D eigenvalue weighted by molar-refractivity contribution is 0.472. The van der Waals surface area contributed by atoms with E-state index in [1.54, 1.807) is 12.1 Å². The SMILES string of the molecule is ClOB(Cl)Oc1ccccc1. The highest BCUT2D eigenvalue weighted by Crippen LogP contribution is 2.11. The fourth-order valence-electron chi connectivity index (χ4n) is 0.624. The third kappa shape index (κ3) is 3.01. The fraction of sp³-hybridized carbons (Fsp3) is 0. The van der Waals surface area contributed by atoms with E-state index in [2.05, 4.69) is 4.21 Å². The zero-order valence-corrected chi connectivity index (χ0v) is 7.05. The van der Waals surface area contributed by atoms with Crippen LogP contribution in [0.25, 0.3) is 0 Å². The van der Waals surface area contributed by atoms with E-state index in [-0.39, 0.29) is 0 Å². The Morgan fingerprint density at radius 2 is 1.82 bits per heavy atom. The molecule has 0 aromatic heterocycles. The van der Waals surface area contributed by atoms with E-state index in [0.717, 1.165) is 0 Å². The summed E-state index contributed by atoms with van der Waals surface area (Å²) in [6.45, 7) is -0.945. The van der Waals surface area contributed by atoms with Crippen molar-refractivity contribution in [2.75, 3.05) is 0 Å². The monoisotopic (exact) mass is 190 g/mol. The average molecular weight is 191 g/mol.